The van der Waals surface area contributed by atoms with Gasteiger partial charge in [-0.25, -0.2) is 0 Å². The summed E-state index contributed by atoms with van der Waals surface area (Å²) in [7, 11) is 0. The van der Waals surface area contributed by atoms with E-state index in [-0.39, 0.29) is 11.2 Å². The molecule has 0 spiro atoms. The van der Waals surface area contributed by atoms with Crippen LogP contribution in [0, 0.1) is 5.41 Å². The Labute approximate surface area is 62.1 Å². The normalized spacial score (nSPS) is 12.4. The average molecular weight is 142 g/mol. The standard InChI is InChI=1S/C8H15NO/c1-8(2,3)7(10)5-4-6-9/h4-5H,6,9H2,1-3H3/p+1. The van der Waals surface area contributed by atoms with Crippen molar-refractivity contribution in [1.29, 1.82) is 0 Å². The van der Waals surface area contributed by atoms with E-state index < -0.39 is 0 Å². The van der Waals surface area contributed by atoms with Gasteiger partial charge in [0.1, 0.15) is 0 Å². The molecule has 3 N–H and O–H groups in total. The van der Waals surface area contributed by atoms with E-state index in [1.54, 1.807) is 12.2 Å². The maximum Gasteiger partial charge on any atom is 0.160 e. The molecule has 0 aromatic heterocycles. The van der Waals surface area contributed by atoms with Gasteiger partial charge in [-0.05, 0) is 12.2 Å². The molecule has 0 atom stereocenters. The molecular formula is C8H16NO+. The largest absolute Gasteiger partial charge is 0.354 e. The third-order valence-electron chi connectivity index (χ3n) is 1.18. The predicted molar refractivity (Wildman–Crippen MR) is 41.4 cm³/mol. The third kappa shape index (κ3) is 3.41. The topological polar surface area (TPSA) is 44.7 Å². The molecule has 0 heterocycles. The van der Waals surface area contributed by atoms with E-state index in [1.807, 2.05) is 20.8 Å². The van der Waals surface area contributed by atoms with Crippen LogP contribution in [-0.2, 0) is 4.79 Å². The van der Waals surface area contributed by atoms with Gasteiger partial charge < -0.3 is 5.73 Å². The number of hydrogen-bond donors (Lipinski definition) is 1. The molecule has 0 aromatic carbocycles. The van der Waals surface area contributed by atoms with E-state index in [1.165, 1.54) is 0 Å². The lowest BCUT2D eigenvalue weighted by Crippen LogP contribution is -2.49. The van der Waals surface area contributed by atoms with Crippen molar-refractivity contribution in [2.75, 3.05) is 6.54 Å². The molecule has 0 amide bonds. The van der Waals surface area contributed by atoms with Crippen molar-refractivity contribution < 1.29 is 10.5 Å². The van der Waals surface area contributed by atoms with Gasteiger partial charge in [-0.1, -0.05) is 20.8 Å². The Bertz CT molecular complexity index is 142. The van der Waals surface area contributed by atoms with Crippen molar-refractivity contribution in [3.8, 4) is 0 Å². The highest BCUT2D eigenvalue weighted by atomic mass is 16.1. The summed E-state index contributed by atoms with van der Waals surface area (Å²) in [4.78, 5) is 11.1. The molecule has 0 saturated carbocycles. The molecule has 2 nitrogen and oxygen atoms in total. The van der Waals surface area contributed by atoms with E-state index in [0.29, 0.717) is 6.54 Å². The lowest BCUT2D eigenvalue weighted by atomic mass is 9.91. The first-order valence-corrected chi connectivity index (χ1v) is 3.48. The summed E-state index contributed by atoms with van der Waals surface area (Å²) in [6.07, 6.45) is 3.39. The van der Waals surface area contributed by atoms with Crippen LogP contribution in [0.3, 0.4) is 0 Å². The Kier molecular flexibility index (Phi) is 3.30. The molecule has 0 aliphatic heterocycles. The predicted octanol–water partition coefficient (Wildman–Crippen LogP) is 0.400. The van der Waals surface area contributed by atoms with Gasteiger partial charge in [0, 0.05) is 5.41 Å². The summed E-state index contributed by atoms with van der Waals surface area (Å²) in [5.74, 6) is 0.163. The molecule has 0 aliphatic rings. The van der Waals surface area contributed by atoms with Crippen LogP contribution < -0.4 is 5.73 Å². The van der Waals surface area contributed by atoms with Gasteiger partial charge in [-0.15, -0.1) is 0 Å². The van der Waals surface area contributed by atoms with E-state index in [9.17, 15) is 4.79 Å². The summed E-state index contributed by atoms with van der Waals surface area (Å²) in [5.41, 5.74) is 3.36. The highest BCUT2D eigenvalue weighted by molar-refractivity contribution is 5.93. The molecule has 0 saturated heterocycles. The van der Waals surface area contributed by atoms with E-state index in [4.69, 9.17) is 0 Å². The van der Waals surface area contributed by atoms with Crippen LogP contribution in [0.15, 0.2) is 12.2 Å². The fraction of sp³-hybridized carbons (Fsp3) is 0.625. The Balaban J connectivity index is 3.98. The van der Waals surface area contributed by atoms with Crippen LogP contribution in [0.5, 0.6) is 0 Å². The second-order valence-electron chi connectivity index (χ2n) is 3.31. The fourth-order valence-electron chi connectivity index (χ4n) is 0.440. The summed E-state index contributed by atoms with van der Waals surface area (Å²) in [6, 6.07) is 0. The van der Waals surface area contributed by atoms with Crippen molar-refractivity contribution >= 4 is 5.78 Å². The van der Waals surface area contributed by atoms with Gasteiger partial charge in [0.15, 0.2) is 5.78 Å². The van der Waals surface area contributed by atoms with Crippen LogP contribution in [0.4, 0.5) is 0 Å². The molecule has 10 heavy (non-hydrogen) atoms. The molecule has 0 rings (SSSR count). The molecule has 0 radical (unpaired) electrons. The number of carbonyl (C=O) groups excluding carboxylic acids is 1. The molecule has 58 valence electrons. The number of ketones is 1. The van der Waals surface area contributed by atoms with E-state index in [2.05, 4.69) is 5.73 Å². The Hall–Kier alpha value is -0.630. The fourth-order valence-corrected chi connectivity index (χ4v) is 0.440. The minimum atomic E-state index is -0.244. The lowest BCUT2D eigenvalue weighted by molar-refractivity contribution is -0.352. The Morgan fingerprint density at radius 1 is 1.50 bits per heavy atom. The first kappa shape index (κ1) is 9.37. The lowest BCUT2D eigenvalue weighted by Gasteiger charge is -2.12. The Morgan fingerprint density at radius 2 is 2.00 bits per heavy atom. The van der Waals surface area contributed by atoms with Crippen molar-refractivity contribution in [2.45, 2.75) is 20.8 Å². The Morgan fingerprint density at radius 3 is 2.30 bits per heavy atom. The molecule has 0 aliphatic carbocycles. The SMILES string of the molecule is CC(C)(C)C(=O)C=CC[NH3+]. The molecule has 0 aromatic rings. The average Bonchev–Trinajstić information content (AvgIpc) is 1.80. The third-order valence-corrected chi connectivity index (χ3v) is 1.18. The second-order valence-corrected chi connectivity index (χ2v) is 3.31. The highest BCUT2D eigenvalue weighted by Crippen LogP contribution is 2.14. The smallest absolute Gasteiger partial charge is 0.160 e. The van der Waals surface area contributed by atoms with Crippen LogP contribution in [-0.4, -0.2) is 12.3 Å². The summed E-state index contributed by atoms with van der Waals surface area (Å²) in [5, 5.41) is 0. The highest BCUT2D eigenvalue weighted by Gasteiger charge is 2.17. The van der Waals surface area contributed by atoms with Crippen LogP contribution in [0.1, 0.15) is 20.8 Å². The monoisotopic (exact) mass is 142 g/mol. The van der Waals surface area contributed by atoms with Crippen LogP contribution >= 0.6 is 0 Å². The van der Waals surface area contributed by atoms with Crippen molar-refractivity contribution in [2.24, 2.45) is 5.41 Å². The van der Waals surface area contributed by atoms with Gasteiger partial charge in [0.2, 0.25) is 0 Å². The number of quaternary nitrogens is 1. The van der Waals surface area contributed by atoms with Gasteiger partial charge in [-0.2, -0.15) is 0 Å². The summed E-state index contributed by atoms with van der Waals surface area (Å²) >= 11 is 0. The zero-order chi connectivity index (χ0) is 8.20. The second kappa shape index (κ2) is 3.52. The molecule has 2 heteroatoms. The molecule has 0 fully saturated rings. The van der Waals surface area contributed by atoms with Crippen LogP contribution in [0.25, 0.3) is 0 Å². The van der Waals surface area contributed by atoms with Gasteiger partial charge in [-0.3, -0.25) is 4.79 Å². The minimum absolute atomic E-state index is 0.163. The van der Waals surface area contributed by atoms with Crippen LogP contribution in [0.2, 0.25) is 0 Å². The molecular weight excluding hydrogens is 126 g/mol. The molecule has 0 bridgehead atoms. The number of rotatable bonds is 2. The number of carbonyl (C=O) groups is 1. The zero-order valence-electron chi connectivity index (χ0n) is 6.98. The van der Waals surface area contributed by atoms with E-state index in [0.717, 1.165) is 0 Å². The van der Waals surface area contributed by atoms with Crippen molar-refractivity contribution in [3.05, 3.63) is 12.2 Å². The van der Waals surface area contributed by atoms with Crippen molar-refractivity contribution in [1.82, 2.24) is 0 Å². The summed E-state index contributed by atoms with van der Waals surface area (Å²) < 4.78 is 0. The first-order valence-electron chi connectivity index (χ1n) is 3.48. The number of allylic oxidation sites excluding steroid dienone is 1. The van der Waals surface area contributed by atoms with Crippen molar-refractivity contribution in [3.63, 3.8) is 0 Å². The first-order chi connectivity index (χ1) is 4.48. The van der Waals surface area contributed by atoms with Gasteiger partial charge in [0.25, 0.3) is 0 Å². The maximum atomic E-state index is 11.1. The maximum absolute atomic E-state index is 11.1. The summed E-state index contributed by atoms with van der Waals surface area (Å²) in [6.45, 7) is 6.40. The van der Waals surface area contributed by atoms with Gasteiger partial charge in [0.05, 0.1) is 6.54 Å². The molecule has 0 unspecified atom stereocenters. The quantitative estimate of drug-likeness (QED) is 0.557. The van der Waals surface area contributed by atoms with E-state index >= 15 is 0 Å². The number of hydrogen-bond acceptors (Lipinski definition) is 1. The zero-order valence-corrected chi connectivity index (χ0v) is 6.98. The van der Waals surface area contributed by atoms with Gasteiger partial charge >= 0.3 is 0 Å². The minimum Gasteiger partial charge on any atom is -0.354 e.